The maximum atomic E-state index is 5.95. The third-order valence-corrected chi connectivity index (χ3v) is 3.95. The van der Waals surface area contributed by atoms with Crippen molar-refractivity contribution in [3.05, 3.63) is 62.8 Å². The number of halogens is 2. The van der Waals surface area contributed by atoms with Crippen molar-refractivity contribution < 1.29 is 4.52 Å². The number of benzene rings is 2. The number of aromatic nitrogens is 2. The van der Waals surface area contributed by atoms with Crippen molar-refractivity contribution >= 4 is 37.5 Å². The summed E-state index contributed by atoms with van der Waals surface area (Å²) < 4.78 is 7.26. The van der Waals surface area contributed by atoms with E-state index in [2.05, 4.69) is 42.0 Å². The fourth-order valence-corrected chi connectivity index (χ4v) is 2.79. The Hall–Kier alpha value is -1.66. The van der Waals surface area contributed by atoms with Gasteiger partial charge in [-0.15, -0.1) is 0 Å². The molecule has 0 aliphatic carbocycles. The van der Waals surface area contributed by atoms with E-state index in [1.54, 1.807) is 6.07 Å². The molecule has 0 spiro atoms. The van der Waals surface area contributed by atoms with E-state index in [1.165, 1.54) is 0 Å². The second kappa shape index (κ2) is 5.99. The van der Waals surface area contributed by atoms with Gasteiger partial charge in [-0.25, -0.2) is 0 Å². The Labute approximate surface area is 138 Å². The largest absolute Gasteiger partial charge is 0.398 e. The van der Waals surface area contributed by atoms with Crippen molar-refractivity contribution in [3.63, 3.8) is 0 Å². The molecule has 21 heavy (non-hydrogen) atoms. The van der Waals surface area contributed by atoms with Crippen molar-refractivity contribution in [2.75, 3.05) is 5.73 Å². The SMILES string of the molecule is Nc1ccc(Br)cc1-c1nc(Cc2cccc(Br)c2)no1. The van der Waals surface area contributed by atoms with Gasteiger partial charge in [0.05, 0.1) is 5.56 Å². The molecule has 2 N–H and O–H groups in total. The highest BCUT2D eigenvalue weighted by molar-refractivity contribution is 9.10. The molecule has 0 fully saturated rings. The van der Waals surface area contributed by atoms with Gasteiger partial charge >= 0.3 is 0 Å². The van der Waals surface area contributed by atoms with Gasteiger partial charge < -0.3 is 10.3 Å². The lowest BCUT2D eigenvalue weighted by Crippen LogP contribution is -1.92. The molecule has 0 aliphatic heterocycles. The number of nitrogens with two attached hydrogens (primary N) is 1. The normalized spacial score (nSPS) is 10.8. The first kappa shape index (κ1) is 14.3. The molecule has 0 radical (unpaired) electrons. The molecule has 1 heterocycles. The summed E-state index contributed by atoms with van der Waals surface area (Å²) in [4.78, 5) is 4.41. The van der Waals surface area contributed by atoms with E-state index in [4.69, 9.17) is 10.3 Å². The molecule has 0 saturated carbocycles. The fraction of sp³-hybridized carbons (Fsp3) is 0.0667. The van der Waals surface area contributed by atoms with Crippen LogP contribution in [0.5, 0.6) is 0 Å². The summed E-state index contributed by atoms with van der Waals surface area (Å²) in [7, 11) is 0. The molecule has 0 unspecified atom stereocenters. The van der Waals surface area contributed by atoms with Gasteiger partial charge in [0, 0.05) is 21.1 Å². The van der Waals surface area contributed by atoms with Gasteiger partial charge in [-0.1, -0.05) is 49.1 Å². The molecule has 4 nitrogen and oxygen atoms in total. The van der Waals surface area contributed by atoms with E-state index >= 15 is 0 Å². The zero-order valence-corrected chi connectivity index (χ0v) is 14.1. The Balaban J connectivity index is 1.88. The van der Waals surface area contributed by atoms with Gasteiger partial charge in [0.2, 0.25) is 0 Å². The van der Waals surface area contributed by atoms with Crippen molar-refractivity contribution in [3.8, 4) is 11.5 Å². The first-order valence-corrected chi connectivity index (χ1v) is 7.83. The standard InChI is InChI=1S/C15H11Br2N3O/c16-10-3-1-2-9(6-10)7-14-19-15(21-20-14)12-8-11(17)4-5-13(12)18/h1-6,8H,7,18H2. The lowest BCUT2D eigenvalue weighted by Gasteiger charge is -2.00. The molecule has 0 atom stereocenters. The minimum Gasteiger partial charge on any atom is -0.398 e. The average Bonchev–Trinajstić information content (AvgIpc) is 2.90. The smallest absolute Gasteiger partial charge is 0.260 e. The summed E-state index contributed by atoms with van der Waals surface area (Å²) in [5.41, 5.74) is 8.40. The number of hydrogen-bond donors (Lipinski definition) is 1. The minimum atomic E-state index is 0.429. The van der Waals surface area contributed by atoms with E-state index < -0.39 is 0 Å². The second-order valence-electron chi connectivity index (χ2n) is 4.55. The Morgan fingerprint density at radius 1 is 1.05 bits per heavy atom. The van der Waals surface area contributed by atoms with Gasteiger partial charge in [-0.05, 0) is 35.9 Å². The second-order valence-corrected chi connectivity index (χ2v) is 6.39. The molecule has 3 rings (SSSR count). The Bertz CT molecular complexity index is 786. The van der Waals surface area contributed by atoms with Crippen molar-refractivity contribution in [2.24, 2.45) is 0 Å². The van der Waals surface area contributed by atoms with Crippen LogP contribution in [0.1, 0.15) is 11.4 Å². The van der Waals surface area contributed by atoms with Crippen LogP contribution in [0.25, 0.3) is 11.5 Å². The molecular weight excluding hydrogens is 398 g/mol. The molecular formula is C15H11Br2N3O. The number of hydrogen-bond acceptors (Lipinski definition) is 4. The van der Waals surface area contributed by atoms with Gasteiger partial charge in [-0.2, -0.15) is 4.98 Å². The van der Waals surface area contributed by atoms with E-state index in [9.17, 15) is 0 Å². The number of anilines is 1. The quantitative estimate of drug-likeness (QED) is 0.650. The van der Waals surface area contributed by atoms with Crippen LogP contribution in [0.3, 0.4) is 0 Å². The molecule has 1 aromatic heterocycles. The summed E-state index contributed by atoms with van der Waals surface area (Å²) >= 11 is 6.86. The first-order valence-electron chi connectivity index (χ1n) is 6.24. The van der Waals surface area contributed by atoms with Crippen molar-refractivity contribution in [1.29, 1.82) is 0 Å². The summed E-state index contributed by atoms with van der Waals surface area (Å²) in [5, 5.41) is 4.02. The Kier molecular flexibility index (Phi) is 4.07. The molecule has 2 aromatic carbocycles. The molecule has 3 aromatic rings. The zero-order valence-electron chi connectivity index (χ0n) is 10.9. The summed E-state index contributed by atoms with van der Waals surface area (Å²) in [6.07, 6.45) is 0.608. The summed E-state index contributed by atoms with van der Waals surface area (Å²) in [6.45, 7) is 0. The highest BCUT2D eigenvalue weighted by atomic mass is 79.9. The third kappa shape index (κ3) is 3.33. The lowest BCUT2D eigenvalue weighted by atomic mass is 10.1. The third-order valence-electron chi connectivity index (χ3n) is 2.97. The van der Waals surface area contributed by atoms with Crippen LogP contribution in [-0.4, -0.2) is 10.1 Å². The van der Waals surface area contributed by atoms with Crippen molar-refractivity contribution in [1.82, 2.24) is 10.1 Å². The highest BCUT2D eigenvalue weighted by Crippen LogP contribution is 2.28. The van der Waals surface area contributed by atoms with Crippen LogP contribution < -0.4 is 5.73 Å². The van der Waals surface area contributed by atoms with Crippen LogP contribution >= 0.6 is 31.9 Å². The van der Waals surface area contributed by atoms with Gasteiger partial charge in [-0.3, -0.25) is 0 Å². The Morgan fingerprint density at radius 2 is 1.86 bits per heavy atom. The Morgan fingerprint density at radius 3 is 2.67 bits per heavy atom. The van der Waals surface area contributed by atoms with E-state index in [1.807, 2.05) is 36.4 Å². The predicted octanol–water partition coefficient (Wildman–Crippen LogP) is 4.43. The first-order chi connectivity index (χ1) is 10.1. The van der Waals surface area contributed by atoms with Crippen LogP contribution in [0.2, 0.25) is 0 Å². The predicted molar refractivity (Wildman–Crippen MR) is 88.8 cm³/mol. The van der Waals surface area contributed by atoms with E-state index in [0.717, 1.165) is 20.1 Å². The fourth-order valence-electron chi connectivity index (χ4n) is 1.98. The van der Waals surface area contributed by atoms with Crippen LogP contribution in [-0.2, 0) is 6.42 Å². The van der Waals surface area contributed by atoms with Gasteiger partial charge in [0.1, 0.15) is 0 Å². The maximum absolute atomic E-state index is 5.95. The van der Waals surface area contributed by atoms with Crippen LogP contribution in [0, 0.1) is 0 Å². The van der Waals surface area contributed by atoms with Crippen LogP contribution in [0.15, 0.2) is 55.9 Å². The molecule has 106 valence electrons. The number of nitrogens with zero attached hydrogens (tertiary/aromatic N) is 2. The summed E-state index contributed by atoms with van der Waals surface area (Å²) in [5.74, 6) is 1.06. The topological polar surface area (TPSA) is 64.9 Å². The van der Waals surface area contributed by atoms with Gasteiger partial charge in [0.15, 0.2) is 5.82 Å². The monoisotopic (exact) mass is 407 g/mol. The lowest BCUT2D eigenvalue weighted by molar-refractivity contribution is 0.424. The maximum Gasteiger partial charge on any atom is 0.260 e. The molecule has 6 heteroatoms. The molecule has 0 saturated heterocycles. The molecule has 0 bridgehead atoms. The molecule has 0 amide bonds. The number of nitrogen functional groups attached to an aromatic ring is 1. The average molecular weight is 409 g/mol. The van der Waals surface area contributed by atoms with Crippen LogP contribution in [0.4, 0.5) is 5.69 Å². The highest BCUT2D eigenvalue weighted by Gasteiger charge is 2.12. The van der Waals surface area contributed by atoms with E-state index in [0.29, 0.717) is 23.8 Å². The van der Waals surface area contributed by atoms with E-state index in [-0.39, 0.29) is 0 Å². The molecule has 0 aliphatic rings. The van der Waals surface area contributed by atoms with Gasteiger partial charge in [0.25, 0.3) is 5.89 Å². The number of rotatable bonds is 3. The summed E-state index contributed by atoms with van der Waals surface area (Å²) in [6, 6.07) is 13.6. The van der Waals surface area contributed by atoms with Crippen molar-refractivity contribution in [2.45, 2.75) is 6.42 Å². The minimum absolute atomic E-state index is 0.429. The zero-order chi connectivity index (χ0) is 14.8.